The van der Waals surface area contributed by atoms with Gasteiger partial charge in [-0.15, -0.1) is 0 Å². The molecule has 0 bridgehead atoms. The van der Waals surface area contributed by atoms with Crippen LogP contribution in [0.15, 0.2) is 30.3 Å². The maximum atomic E-state index is 3.53. The van der Waals surface area contributed by atoms with Crippen LogP contribution in [0.4, 0.5) is 0 Å². The van der Waals surface area contributed by atoms with Crippen LogP contribution in [0.25, 0.3) is 0 Å². The van der Waals surface area contributed by atoms with Gasteiger partial charge in [0, 0.05) is 0 Å². The van der Waals surface area contributed by atoms with Crippen molar-refractivity contribution < 1.29 is 17.4 Å². The predicted molar refractivity (Wildman–Crippen MR) is 46.6 cm³/mol. The first-order chi connectivity index (χ1) is 4.00. The Kier molecular flexibility index (Phi) is 26.6. The van der Waals surface area contributed by atoms with Crippen molar-refractivity contribution in [3.8, 4) is 0 Å². The molecule has 1 aromatic rings. The third kappa shape index (κ3) is 11.0. The monoisotopic (exact) mass is 192 g/mol. The number of thiol groups is 1. The average Bonchev–Trinajstić information content (AvgIpc) is 1.96. The molecule has 0 radical (unpaired) electrons. The van der Waals surface area contributed by atoms with E-state index in [1.165, 1.54) is 0 Å². The summed E-state index contributed by atoms with van der Waals surface area (Å²) in [6.07, 6.45) is 1.69. The minimum Gasteiger partial charge on any atom is -0.358 e. The van der Waals surface area contributed by atoms with Crippen LogP contribution in [-0.4, -0.2) is 6.26 Å². The summed E-state index contributed by atoms with van der Waals surface area (Å²) in [5.41, 5.74) is 0. The molecule has 0 aliphatic rings. The van der Waals surface area contributed by atoms with Crippen molar-refractivity contribution in [1.29, 1.82) is 0 Å². The van der Waals surface area contributed by atoms with E-state index in [1.54, 1.807) is 6.26 Å². The van der Waals surface area contributed by atoms with Gasteiger partial charge in [0.05, 0.1) is 0 Å². The van der Waals surface area contributed by atoms with Crippen LogP contribution in [0, 0.1) is 13.5 Å². The molecule has 0 atom stereocenters. The van der Waals surface area contributed by atoms with Gasteiger partial charge in [-0.05, 0) is 6.26 Å². The summed E-state index contributed by atoms with van der Waals surface area (Å²) >= 11 is 3.53. The molecular formula is C8H12CrS. The van der Waals surface area contributed by atoms with Gasteiger partial charge in [-0.3, -0.25) is 0 Å². The first-order valence-corrected chi connectivity index (χ1v) is 3.25. The normalized spacial score (nSPS) is 5.40. The molecule has 56 valence electrons. The van der Waals surface area contributed by atoms with Crippen molar-refractivity contribution in [1.82, 2.24) is 0 Å². The molecule has 0 saturated carbocycles. The van der Waals surface area contributed by atoms with Crippen molar-refractivity contribution in [2.24, 2.45) is 0 Å². The number of rotatable bonds is 0. The van der Waals surface area contributed by atoms with Gasteiger partial charge in [0.1, 0.15) is 0 Å². The van der Waals surface area contributed by atoms with Crippen molar-refractivity contribution in [2.75, 3.05) is 6.26 Å². The SMILES string of the molecule is CS.[CH3-].[Cr+2].[c-]1ccccc1. The summed E-state index contributed by atoms with van der Waals surface area (Å²) in [5, 5.41) is 0. The summed E-state index contributed by atoms with van der Waals surface area (Å²) < 4.78 is 0. The zero-order valence-corrected chi connectivity index (χ0v) is 8.41. The quantitative estimate of drug-likeness (QED) is 0.474. The van der Waals surface area contributed by atoms with Gasteiger partial charge in [-0.2, -0.15) is 49.0 Å². The van der Waals surface area contributed by atoms with Crippen LogP contribution in [0.1, 0.15) is 0 Å². The van der Waals surface area contributed by atoms with Crippen LogP contribution in [0.3, 0.4) is 0 Å². The maximum Gasteiger partial charge on any atom is 2.00 e. The molecule has 0 spiro atoms. The van der Waals surface area contributed by atoms with Gasteiger partial charge in [0.15, 0.2) is 0 Å². The van der Waals surface area contributed by atoms with E-state index in [4.69, 9.17) is 0 Å². The van der Waals surface area contributed by atoms with Gasteiger partial charge in [0.25, 0.3) is 0 Å². The molecule has 0 amide bonds. The third-order valence-electron chi connectivity index (χ3n) is 0.607. The van der Waals surface area contributed by atoms with Crippen molar-refractivity contribution in [3.05, 3.63) is 43.8 Å². The van der Waals surface area contributed by atoms with Gasteiger partial charge in [-0.1, -0.05) is 0 Å². The Morgan fingerprint density at radius 1 is 1.00 bits per heavy atom. The van der Waals surface area contributed by atoms with Crippen LogP contribution in [0.2, 0.25) is 0 Å². The first kappa shape index (κ1) is 16.6. The molecule has 0 aliphatic carbocycles. The second-order valence-electron chi connectivity index (χ2n) is 1.08. The molecule has 2 heteroatoms. The van der Waals surface area contributed by atoms with E-state index in [9.17, 15) is 0 Å². The van der Waals surface area contributed by atoms with Crippen LogP contribution in [-0.2, 0) is 17.4 Å². The zero-order chi connectivity index (χ0) is 6.24. The summed E-state index contributed by atoms with van der Waals surface area (Å²) in [6, 6.07) is 12.5. The number of benzene rings is 1. The predicted octanol–water partition coefficient (Wildman–Crippen LogP) is 2.48. The van der Waals surface area contributed by atoms with Crippen molar-refractivity contribution >= 4 is 12.6 Å². The Morgan fingerprint density at radius 2 is 1.40 bits per heavy atom. The third-order valence-corrected chi connectivity index (χ3v) is 0.607. The van der Waals surface area contributed by atoms with Crippen LogP contribution >= 0.6 is 12.6 Å². The summed E-state index contributed by atoms with van der Waals surface area (Å²) in [4.78, 5) is 0. The summed E-state index contributed by atoms with van der Waals surface area (Å²) in [5.74, 6) is 0. The molecule has 0 aromatic heterocycles. The van der Waals surface area contributed by atoms with Gasteiger partial charge in [-0.25, -0.2) is 0 Å². The van der Waals surface area contributed by atoms with Gasteiger partial charge < -0.3 is 7.43 Å². The second-order valence-corrected chi connectivity index (χ2v) is 1.08. The maximum absolute atomic E-state index is 3.53. The second kappa shape index (κ2) is 16.0. The molecule has 10 heavy (non-hydrogen) atoms. The molecule has 1 aromatic carbocycles. The molecule has 0 saturated heterocycles. The Bertz CT molecular complexity index is 81.2. The van der Waals surface area contributed by atoms with E-state index in [2.05, 4.69) is 18.7 Å². The summed E-state index contributed by atoms with van der Waals surface area (Å²) in [7, 11) is 0. The fourth-order valence-electron chi connectivity index (χ4n) is 0.342. The average molecular weight is 192 g/mol. The van der Waals surface area contributed by atoms with E-state index in [0.29, 0.717) is 0 Å². The van der Waals surface area contributed by atoms with Crippen LogP contribution < -0.4 is 0 Å². The van der Waals surface area contributed by atoms with Gasteiger partial charge in [0.2, 0.25) is 0 Å². The molecule has 0 fully saturated rings. The standard InChI is InChI=1S/C6H5.CH4S.CH3.Cr/c1-2-4-6-5-3-1;1-2;;/h1-5H;2H,1H3;1H3;/q-1;;-1;+2. The fourth-order valence-corrected chi connectivity index (χ4v) is 0.342. The van der Waals surface area contributed by atoms with E-state index in [0.717, 1.165) is 0 Å². The van der Waals surface area contributed by atoms with Crippen molar-refractivity contribution in [2.45, 2.75) is 0 Å². The summed E-state index contributed by atoms with van der Waals surface area (Å²) in [6.45, 7) is 0. The molecule has 0 N–H and O–H groups in total. The number of hydrogen-bond acceptors (Lipinski definition) is 1. The Morgan fingerprint density at radius 3 is 1.50 bits per heavy atom. The molecule has 0 nitrogen and oxygen atoms in total. The van der Waals surface area contributed by atoms with E-state index < -0.39 is 0 Å². The molecule has 0 aliphatic heterocycles. The molecular weight excluding hydrogens is 180 g/mol. The van der Waals surface area contributed by atoms with Crippen LogP contribution in [0.5, 0.6) is 0 Å². The first-order valence-electron chi connectivity index (χ1n) is 2.36. The zero-order valence-electron chi connectivity index (χ0n) is 6.24. The topological polar surface area (TPSA) is 0 Å². The molecule has 0 unspecified atom stereocenters. The Labute approximate surface area is 80.2 Å². The largest absolute Gasteiger partial charge is 2.00 e. The minimum absolute atomic E-state index is 0. The van der Waals surface area contributed by atoms with E-state index in [1.807, 2.05) is 30.3 Å². The molecule has 0 heterocycles. The smallest absolute Gasteiger partial charge is 0.358 e. The fraction of sp³-hybridized carbons (Fsp3) is 0.125. The number of hydrogen-bond donors (Lipinski definition) is 1. The Hall–Kier alpha value is 0.102. The Balaban J connectivity index is -0.000000114. The van der Waals surface area contributed by atoms with E-state index in [-0.39, 0.29) is 24.8 Å². The molecule has 1 rings (SSSR count). The van der Waals surface area contributed by atoms with Gasteiger partial charge >= 0.3 is 17.4 Å². The minimum atomic E-state index is 0. The van der Waals surface area contributed by atoms with E-state index >= 15 is 0 Å². The van der Waals surface area contributed by atoms with Crippen molar-refractivity contribution in [3.63, 3.8) is 0 Å².